The second-order valence-corrected chi connectivity index (χ2v) is 5.67. The van der Waals surface area contributed by atoms with Crippen LogP contribution in [-0.2, 0) is 9.05 Å². The van der Waals surface area contributed by atoms with E-state index < -0.39 is 9.05 Å². The van der Waals surface area contributed by atoms with E-state index in [0.29, 0.717) is 18.9 Å². The van der Waals surface area contributed by atoms with Crippen molar-refractivity contribution in [3.63, 3.8) is 0 Å². The molecule has 6 heteroatoms. The summed E-state index contributed by atoms with van der Waals surface area (Å²) in [5.41, 5.74) is 0. The van der Waals surface area contributed by atoms with Gasteiger partial charge in [-0.1, -0.05) is 9.39 Å². The first kappa shape index (κ1) is 8.72. The monoisotopic (exact) mass is 201 g/mol. The second-order valence-electron chi connectivity index (χ2n) is 2.43. The molecule has 1 aliphatic rings. The topological polar surface area (TPSA) is 46.2 Å². The maximum atomic E-state index is 10.6. The van der Waals surface area contributed by atoms with Crippen LogP contribution in [0.1, 0.15) is 12.8 Å². The highest BCUT2D eigenvalue weighted by molar-refractivity contribution is 8.14. The zero-order chi connectivity index (χ0) is 7.78. The van der Waals surface area contributed by atoms with Crippen molar-refractivity contribution in [2.45, 2.75) is 24.1 Å². The summed E-state index contributed by atoms with van der Waals surface area (Å²) in [6, 6.07) is 0.309. The SMILES string of the molecule is O=S(=O)(Cl)C1CC(NP)C1. The zero-order valence-corrected chi connectivity index (χ0v) is 7.98. The minimum absolute atomic E-state index is 0.309. The predicted molar refractivity (Wildman–Crippen MR) is 44.4 cm³/mol. The lowest BCUT2D eigenvalue weighted by Crippen LogP contribution is -2.42. The molecule has 0 radical (unpaired) electrons. The van der Waals surface area contributed by atoms with Gasteiger partial charge in [0.15, 0.2) is 0 Å². The zero-order valence-electron chi connectivity index (χ0n) is 5.25. The largest absolute Gasteiger partial charge is 0.298 e. The van der Waals surface area contributed by atoms with Crippen molar-refractivity contribution in [1.29, 1.82) is 0 Å². The Kier molecular flexibility index (Phi) is 2.56. The van der Waals surface area contributed by atoms with Gasteiger partial charge >= 0.3 is 0 Å². The molecule has 0 aromatic heterocycles. The van der Waals surface area contributed by atoms with E-state index in [9.17, 15) is 8.42 Å². The molecule has 3 nitrogen and oxygen atoms in total. The third kappa shape index (κ3) is 1.82. The van der Waals surface area contributed by atoms with Crippen LogP contribution in [0.5, 0.6) is 0 Å². The molecule has 10 heavy (non-hydrogen) atoms. The molecule has 0 aromatic carbocycles. The summed E-state index contributed by atoms with van der Waals surface area (Å²) in [5.74, 6) is 0. The van der Waals surface area contributed by atoms with Crippen LogP contribution in [0.25, 0.3) is 0 Å². The van der Waals surface area contributed by atoms with Crippen molar-refractivity contribution in [2.75, 3.05) is 0 Å². The highest BCUT2D eigenvalue weighted by Crippen LogP contribution is 2.29. The highest BCUT2D eigenvalue weighted by Gasteiger charge is 2.36. The van der Waals surface area contributed by atoms with Gasteiger partial charge in [-0.05, 0) is 12.8 Å². The molecule has 0 spiro atoms. The normalized spacial score (nSPS) is 33.4. The van der Waals surface area contributed by atoms with Crippen LogP contribution in [0.3, 0.4) is 0 Å². The van der Waals surface area contributed by atoms with Crippen LogP contribution in [0.2, 0.25) is 0 Å². The average molecular weight is 202 g/mol. The Morgan fingerprint density at radius 2 is 2.00 bits per heavy atom. The summed E-state index contributed by atoms with van der Waals surface area (Å²) in [5, 5.41) is 2.57. The molecule has 0 heterocycles. The minimum atomic E-state index is -3.29. The molecule has 1 N–H and O–H groups in total. The number of rotatable bonds is 2. The summed E-state index contributed by atoms with van der Waals surface area (Å²) in [6.45, 7) is 0. The first-order valence-electron chi connectivity index (χ1n) is 2.93. The fraction of sp³-hybridized carbons (Fsp3) is 1.00. The van der Waals surface area contributed by atoms with Gasteiger partial charge in [-0.3, -0.25) is 5.09 Å². The van der Waals surface area contributed by atoms with Crippen LogP contribution >= 0.6 is 20.1 Å². The van der Waals surface area contributed by atoms with Crippen molar-refractivity contribution in [1.82, 2.24) is 5.09 Å². The summed E-state index contributed by atoms with van der Waals surface area (Å²) in [7, 11) is 4.17. The lowest BCUT2D eigenvalue weighted by atomic mass is 9.93. The molecular weight excluding hydrogens is 193 g/mol. The van der Waals surface area contributed by atoms with Crippen molar-refractivity contribution >= 4 is 29.1 Å². The number of halogens is 1. The van der Waals surface area contributed by atoms with Crippen LogP contribution in [0, 0.1) is 0 Å². The fourth-order valence-electron chi connectivity index (χ4n) is 0.932. The molecule has 0 aromatic rings. The van der Waals surface area contributed by atoms with Gasteiger partial charge in [0, 0.05) is 16.7 Å². The van der Waals surface area contributed by atoms with E-state index in [1.807, 2.05) is 0 Å². The van der Waals surface area contributed by atoms with Gasteiger partial charge in [-0.25, -0.2) is 8.42 Å². The molecule has 0 saturated heterocycles. The maximum absolute atomic E-state index is 10.6. The van der Waals surface area contributed by atoms with E-state index >= 15 is 0 Å². The lowest BCUT2D eigenvalue weighted by Gasteiger charge is -2.32. The molecule has 1 unspecified atom stereocenters. The Labute approximate surface area is 67.2 Å². The summed E-state index contributed by atoms with van der Waals surface area (Å²) in [4.78, 5) is 0. The maximum Gasteiger partial charge on any atom is 0.235 e. The van der Waals surface area contributed by atoms with E-state index in [-0.39, 0.29) is 5.25 Å². The van der Waals surface area contributed by atoms with Crippen molar-refractivity contribution in [2.24, 2.45) is 0 Å². The third-order valence-corrected chi connectivity index (χ3v) is 4.14. The molecule has 0 aliphatic heterocycles. The molecule has 1 atom stereocenters. The first-order valence-corrected chi connectivity index (χ1v) is 5.88. The van der Waals surface area contributed by atoms with E-state index in [0.717, 1.165) is 0 Å². The molecule has 1 fully saturated rings. The fourth-order valence-corrected chi connectivity index (χ4v) is 2.56. The summed E-state index contributed by atoms with van der Waals surface area (Å²) in [6.07, 6.45) is 1.27. The Morgan fingerprint density at radius 3 is 2.30 bits per heavy atom. The highest BCUT2D eigenvalue weighted by atomic mass is 35.7. The summed E-state index contributed by atoms with van der Waals surface area (Å²) >= 11 is 0. The Balaban J connectivity index is 2.41. The van der Waals surface area contributed by atoms with Crippen molar-refractivity contribution < 1.29 is 8.42 Å². The molecule has 1 saturated carbocycles. The van der Waals surface area contributed by atoms with E-state index in [2.05, 4.69) is 14.5 Å². The van der Waals surface area contributed by atoms with E-state index in [1.54, 1.807) is 0 Å². The van der Waals surface area contributed by atoms with Gasteiger partial charge in [-0.15, -0.1) is 0 Å². The molecular formula is C4H9ClNO2PS. The van der Waals surface area contributed by atoms with Crippen LogP contribution in [0.15, 0.2) is 0 Å². The van der Waals surface area contributed by atoms with Crippen LogP contribution in [-0.4, -0.2) is 19.7 Å². The van der Waals surface area contributed by atoms with Crippen molar-refractivity contribution in [3.8, 4) is 0 Å². The van der Waals surface area contributed by atoms with Gasteiger partial charge in [-0.2, -0.15) is 0 Å². The standard InChI is InChI=1S/C4H9ClNO2PS/c5-10(7,8)4-1-3(2-4)6-9/h3-4,6H,1-2,9H2. The van der Waals surface area contributed by atoms with Gasteiger partial charge in [0.2, 0.25) is 9.05 Å². The molecule has 0 bridgehead atoms. The third-order valence-electron chi connectivity index (χ3n) is 1.73. The van der Waals surface area contributed by atoms with Crippen molar-refractivity contribution in [3.05, 3.63) is 0 Å². The lowest BCUT2D eigenvalue weighted by molar-refractivity contribution is 0.393. The second kappa shape index (κ2) is 2.94. The first-order chi connectivity index (χ1) is 4.54. The minimum Gasteiger partial charge on any atom is -0.298 e. The van der Waals surface area contributed by atoms with Gasteiger partial charge in [0.05, 0.1) is 5.25 Å². The molecule has 0 amide bonds. The molecule has 60 valence electrons. The van der Waals surface area contributed by atoms with Crippen LogP contribution < -0.4 is 5.09 Å². The van der Waals surface area contributed by atoms with Gasteiger partial charge < -0.3 is 0 Å². The Morgan fingerprint density at radius 1 is 1.50 bits per heavy atom. The number of hydrogen-bond donors (Lipinski definition) is 1. The van der Waals surface area contributed by atoms with E-state index in [4.69, 9.17) is 10.7 Å². The molecule has 1 aliphatic carbocycles. The predicted octanol–water partition coefficient (Wildman–Crippen LogP) is 0.466. The van der Waals surface area contributed by atoms with Gasteiger partial charge in [0.25, 0.3) is 0 Å². The molecule has 1 rings (SSSR count). The summed E-state index contributed by atoms with van der Waals surface area (Å²) < 4.78 is 21.2. The van der Waals surface area contributed by atoms with Gasteiger partial charge in [0.1, 0.15) is 0 Å². The quantitative estimate of drug-likeness (QED) is 0.522. The Hall–Kier alpha value is 0.630. The smallest absolute Gasteiger partial charge is 0.235 e. The average Bonchev–Trinajstić information content (AvgIpc) is 1.57. The number of nitrogens with one attached hydrogen (secondary N) is 1. The van der Waals surface area contributed by atoms with Crippen LogP contribution in [0.4, 0.5) is 0 Å². The van der Waals surface area contributed by atoms with E-state index in [1.165, 1.54) is 0 Å². The Bertz CT molecular complexity index is 211. The number of hydrogen-bond acceptors (Lipinski definition) is 3.